The maximum Gasteiger partial charge on any atom is 0.123 e. The van der Waals surface area contributed by atoms with Crippen molar-refractivity contribution in [1.29, 1.82) is 0 Å². The fourth-order valence-electron chi connectivity index (χ4n) is 3.85. The van der Waals surface area contributed by atoms with E-state index < -0.39 is 0 Å². The lowest BCUT2D eigenvalue weighted by Crippen LogP contribution is -2.13. The van der Waals surface area contributed by atoms with Crippen LogP contribution in [0.1, 0.15) is 63.9 Å². The van der Waals surface area contributed by atoms with E-state index in [9.17, 15) is 4.39 Å². The summed E-state index contributed by atoms with van der Waals surface area (Å²) in [5, 5.41) is 0. The molecule has 0 saturated heterocycles. The van der Waals surface area contributed by atoms with E-state index in [1.807, 2.05) is 12.1 Å². The summed E-state index contributed by atoms with van der Waals surface area (Å²) in [7, 11) is 0. The molecule has 0 bridgehead atoms. The molecule has 3 rings (SSSR count). The van der Waals surface area contributed by atoms with E-state index >= 15 is 0 Å². The highest BCUT2D eigenvalue weighted by Crippen LogP contribution is 2.31. The van der Waals surface area contributed by atoms with Gasteiger partial charge in [-0.25, -0.2) is 4.39 Å². The number of benzene rings is 2. The van der Waals surface area contributed by atoms with Gasteiger partial charge in [-0.2, -0.15) is 0 Å². The third-order valence-electron chi connectivity index (χ3n) is 5.55. The summed E-state index contributed by atoms with van der Waals surface area (Å²) in [6.45, 7) is 2.28. The molecule has 26 heavy (non-hydrogen) atoms. The van der Waals surface area contributed by atoms with Gasteiger partial charge in [-0.05, 0) is 67.0 Å². The SMILES string of the molecule is CCCCCC1CCC(C#Cc2ccc(-c3ccc(F)cc3)cc2)CC1. The molecule has 0 aliphatic heterocycles. The Kier molecular flexibility index (Phi) is 6.89. The second-order valence-corrected chi connectivity index (χ2v) is 7.57. The van der Waals surface area contributed by atoms with Gasteiger partial charge in [-0.3, -0.25) is 0 Å². The van der Waals surface area contributed by atoms with Crippen LogP contribution >= 0.6 is 0 Å². The zero-order valence-corrected chi connectivity index (χ0v) is 15.8. The zero-order valence-electron chi connectivity index (χ0n) is 15.8. The molecule has 0 atom stereocenters. The average molecular weight is 349 g/mol. The number of hydrogen-bond acceptors (Lipinski definition) is 0. The first-order valence-electron chi connectivity index (χ1n) is 10.1. The lowest BCUT2D eigenvalue weighted by Gasteiger charge is -2.25. The number of hydrogen-bond donors (Lipinski definition) is 0. The third kappa shape index (κ3) is 5.46. The molecule has 0 spiro atoms. The first-order chi connectivity index (χ1) is 12.7. The van der Waals surface area contributed by atoms with Crippen LogP contribution in [-0.2, 0) is 0 Å². The summed E-state index contributed by atoms with van der Waals surface area (Å²) in [6, 6.07) is 14.9. The molecular formula is C25H29F. The average Bonchev–Trinajstić information content (AvgIpc) is 2.69. The van der Waals surface area contributed by atoms with Gasteiger partial charge >= 0.3 is 0 Å². The van der Waals surface area contributed by atoms with Gasteiger partial charge in [-0.1, -0.05) is 68.7 Å². The van der Waals surface area contributed by atoms with Gasteiger partial charge in [0.05, 0.1) is 0 Å². The van der Waals surface area contributed by atoms with Crippen LogP contribution in [0.5, 0.6) is 0 Å². The van der Waals surface area contributed by atoms with Crippen LogP contribution in [0.25, 0.3) is 11.1 Å². The highest BCUT2D eigenvalue weighted by atomic mass is 19.1. The van der Waals surface area contributed by atoms with Crippen LogP contribution in [0.3, 0.4) is 0 Å². The number of unbranched alkanes of at least 4 members (excludes halogenated alkanes) is 2. The van der Waals surface area contributed by atoms with Gasteiger partial charge in [0.2, 0.25) is 0 Å². The molecular weight excluding hydrogens is 319 g/mol. The van der Waals surface area contributed by atoms with Crippen molar-refractivity contribution < 1.29 is 4.39 Å². The van der Waals surface area contributed by atoms with Crippen molar-refractivity contribution in [3.05, 3.63) is 59.9 Å². The van der Waals surface area contributed by atoms with Crippen molar-refractivity contribution in [3.8, 4) is 23.0 Å². The van der Waals surface area contributed by atoms with Crippen molar-refractivity contribution in [2.45, 2.75) is 58.3 Å². The second-order valence-electron chi connectivity index (χ2n) is 7.57. The minimum absolute atomic E-state index is 0.198. The first kappa shape index (κ1) is 18.7. The largest absolute Gasteiger partial charge is 0.207 e. The Bertz CT molecular complexity index is 722. The first-order valence-corrected chi connectivity index (χ1v) is 10.1. The van der Waals surface area contributed by atoms with Crippen molar-refractivity contribution in [1.82, 2.24) is 0 Å². The Morgan fingerprint density at radius 2 is 1.46 bits per heavy atom. The molecule has 0 nitrogen and oxygen atoms in total. The smallest absolute Gasteiger partial charge is 0.123 e. The summed E-state index contributed by atoms with van der Waals surface area (Å²) in [5.41, 5.74) is 3.20. The Hall–Kier alpha value is -2.07. The fraction of sp³-hybridized carbons (Fsp3) is 0.440. The van der Waals surface area contributed by atoms with Gasteiger partial charge in [0.1, 0.15) is 5.82 Å². The second kappa shape index (κ2) is 9.58. The summed E-state index contributed by atoms with van der Waals surface area (Å²) >= 11 is 0. The predicted molar refractivity (Wildman–Crippen MR) is 108 cm³/mol. The Labute approximate surface area is 157 Å². The van der Waals surface area contributed by atoms with Crippen molar-refractivity contribution in [2.24, 2.45) is 11.8 Å². The molecule has 1 heteroatoms. The van der Waals surface area contributed by atoms with E-state index in [1.54, 1.807) is 0 Å². The van der Waals surface area contributed by atoms with Gasteiger partial charge in [-0.15, -0.1) is 0 Å². The van der Waals surface area contributed by atoms with E-state index in [1.165, 1.54) is 63.5 Å². The standard InChI is InChI=1S/C25H29F/c1-2-3-4-5-20-6-8-21(9-7-20)10-11-22-12-14-23(15-13-22)24-16-18-25(26)19-17-24/h12-21H,2-9H2,1H3. The summed E-state index contributed by atoms with van der Waals surface area (Å²) in [5.74, 6) is 8.16. The molecule has 1 fully saturated rings. The van der Waals surface area contributed by atoms with Gasteiger partial charge in [0.15, 0.2) is 0 Å². The molecule has 2 aromatic rings. The van der Waals surface area contributed by atoms with E-state index in [0.717, 1.165) is 22.6 Å². The van der Waals surface area contributed by atoms with Crippen molar-refractivity contribution >= 4 is 0 Å². The fourth-order valence-corrected chi connectivity index (χ4v) is 3.85. The molecule has 0 aromatic heterocycles. The van der Waals surface area contributed by atoms with Crippen LogP contribution in [-0.4, -0.2) is 0 Å². The lowest BCUT2D eigenvalue weighted by molar-refractivity contribution is 0.294. The maximum atomic E-state index is 13.0. The highest BCUT2D eigenvalue weighted by Gasteiger charge is 2.19. The van der Waals surface area contributed by atoms with E-state index in [-0.39, 0.29) is 5.82 Å². The van der Waals surface area contributed by atoms with E-state index in [4.69, 9.17) is 0 Å². The molecule has 0 amide bonds. The molecule has 0 unspecified atom stereocenters. The topological polar surface area (TPSA) is 0 Å². The van der Waals surface area contributed by atoms with Gasteiger partial charge in [0.25, 0.3) is 0 Å². The molecule has 0 radical (unpaired) electrons. The molecule has 136 valence electrons. The summed E-state index contributed by atoms with van der Waals surface area (Å²) in [4.78, 5) is 0. The quantitative estimate of drug-likeness (QED) is 0.395. The Morgan fingerprint density at radius 1 is 0.846 bits per heavy atom. The molecule has 1 aliphatic rings. The minimum Gasteiger partial charge on any atom is -0.207 e. The minimum atomic E-state index is -0.198. The van der Waals surface area contributed by atoms with Crippen molar-refractivity contribution in [2.75, 3.05) is 0 Å². The monoisotopic (exact) mass is 348 g/mol. The molecule has 1 aliphatic carbocycles. The van der Waals surface area contributed by atoms with Crippen LogP contribution in [0.2, 0.25) is 0 Å². The molecule has 1 saturated carbocycles. The Morgan fingerprint density at radius 3 is 2.08 bits per heavy atom. The molecule has 2 aromatic carbocycles. The van der Waals surface area contributed by atoms with Crippen LogP contribution in [0.15, 0.2) is 48.5 Å². The van der Waals surface area contributed by atoms with E-state index in [2.05, 4.69) is 43.0 Å². The van der Waals surface area contributed by atoms with Crippen LogP contribution in [0, 0.1) is 29.5 Å². The third-order valence-corrected chi connectivity index (χ3v) is 5.55. The normalized spacial score (nSPS) is 19.6. The number of rotatable bonds is 5. The van der Waals surface area contributed by atoms with Crippen LogP contribution < -0.4 is 0 Å². The summed E-state index contributed by atoms with van der Waals surface area (Å²) in [6.07, 6.45) is 10.7. The van der Waals surface area contributed by atoms with Crippen molar-refractivity contribution in [3.63, 3.8) is 0 Å². The maximum absolute atomic E-state index is 13.0. The zero-order chi connectivity index (χ0) is 18.2. The van der Waals surface area contributed by atoms with Gasteiger partial charge in [0, 0.05) is 11.5 Å². The Balaban J connectivity index is 1.52. The molecule has 0 heterocycles. The van der Waals surface area contributed by atoms with Crippen LogP contribution in [0.4, 0.5) is 4.39 Å². The van der Waals surface area contributed by atoms with Gasteiger partial charge < -0.3 is 0 Å². The predicted octanol–water partition coefficient (Wildman–Crippen LogP) is 7.23. The summed E-state index contributed by atoms with van der Waals surface area (Å²) < 4.78 is 13.0. The molecule has 0 N–H and O–H groups in total. The highest BCUT2D eigenvalue weighted by molar-refractivity contribution is 5.64. The lowest BCUT2D eigenvalue weighted by atomic mass is 9.80. The number of halogens is 1. The van der Waals surface area contributed by atoms with E-state index in [0.29, 0.717) is 5.92 Å².